The standard InChI is InChI=1S/C26H32FN5O6S.C25H31FN4O7S.C23H29FN4O5S.C22H27FN4O6S/c1-16-21(33)20(30-23-25(2,3)38-13-12-32(16)23)22(34)29-15-17-4-5-18(27)14-19(17)39(36,37)31-10-7-26(8-11-31)6-9-28-24(26)35;1-16-21(31)20(28-23-24(2,3)35-11-10-30(16)23)22(32)27-15-17-4-5-18(26)14-19(17)38(33,34)29-8-6-25(7-9-29)36-12-13-37-25;1-15-20(29)19(26-22-23(2,3)33-12-11-28(15)22)21(30)25-14-16-7-8-17(24)13-18(16)34(31,32)27-9-5-4-6-10-27;1-13-19(29)18(25-21-22(2,3)33-9-8-27(13)21)20(30)24-11-14-4-5-15(23)10-17(14)34(31,32)26-7-6-16(28)12-26/h4-5,14,33H,1,6-13,15H2,2-3H3,(H,28,35)(H,29,34);4-5,14,31H,1,6-13,15H2,2-3H3,(H,27,32);7-8,13,29H,1,4-6,9-12,14H2,2-3H3,(H,25,30);4-5,10,16,28-29H,1,6-9,11-12H2,2-3H3,(H,24,30). The van der Waals surface area contributed by atoms with Crippen molar-refractivity contribution in [3.8, 4) is 0 Å². The number of aliphatic hydroxyl groups is 5. The second kappa shape index (κ2) is 41.9. The van der Waals surface area contributed by atoms with Gasteiger partial charge in [-0.1, -0.05) is 57.0 Å². The van der Waals surface area contributed by atoms with Crippen LogP contribution in [0.4, 0.5) is 17.6 Å². The zero-order valence-electron chi connectivity index (χ0n) is 81.5. The molecule has 0 radical (unpaired) electrons. The fraction of sp³-hybridized carbons (Fsp3) is 0.490. The number of morpholine rings is 4. The van der Waals surface area contributed by atoms with Crippen LogP contribution >= 0.6 is 0 Å². The van der Waals surface area contributed by atoms with Crippen molar-refractivity contribution < 1.29 is 129 Å². The number of amidine groups is 4. The van der Waals surface area contributed by atoms with Crippen molar-refractivity contribution in [2.45, 2.75) is 193 Å². The number of aliphatic imine (C=N–C) groups is 4. The number of sulfonamides is 4. The van der Waals surface area contributed by atoms with Crippen LogP contribution in [0.1, 0.15) is 135 Å². The van der Waals surface area contributed by atoms with E-state index in [1.54, 1.807) is 75.0 Å². The highest BCUT2D eigenvalue weighted by Crippen LogP contribution is 2.43. The van der Waals surface area contributed by atoms with E-state index in [4.69, 9.17) is 28.4 Å². The molecule has 145 heavy (non-hydrogen) atoms. The molecule has 2 spiro atoms. The maximum absolute atomic E-state index is 14.2. The molecule has 10 saturated heterocycles. The number of fused-ring (bicyclic) bond motifs is 4. The molecule has 784 valence electrons. The first-order chi connectivity index (χ1) is 68.2. The van der Waals surface area contributed by atoms with Crippen molar-refractivity contribution in [3.05, 3.63) is 213 Å². The minimum Gasteiger partial charge on any atom is -0.504 e. The van der Waals surface area contributed by atoms with Crippen LogP contribution in [0.25, 0.3) is 0 Å². The zero-order valence-corrected chi connectivity index (χ0v) is 84.7. The number of hydrogen-bond donors (Lipinski definition) is 10. The molecule has 14 aliphatic heterocycles. The molecule has 41 nitrogen and oxygen atoms in total. The largest absolute Gasteiger partial charge is 0.504 e. The van der Waals surface area contributed by atoms with Gasteiger partial charge in [0.15, 0.2) is 51.6 Å². The summed E-state index contributed by atoms with van der Waals surface area (Å²) in [7, 11) is -16.2. The van der Waals surface area contributed by atoms with Crippen molar-refractivity contribution in [2.75, 3.05) is 125 Å². The average Bonchev–Trinajstić information content (AvgIpc) is 1.60. The van der Waals surface area contributed by atoms with Gasteiger partial charge in [-0.25, -0.2) is 71.2 Å². The van der Waals surface area contributed by atoms with Gasteiger partial charge >= 0.3 is 0 Å². The highest BCUT2D eigenvalue weighted by atomic mass is 32.2. The highest BCUT2D eigenvalue weighted by Gasteiger charge is 2.51. The van der Waals surface area contributed by atoms with E-state index in [1.807, 2.05) is 0 Å². The smallest absolute Gasteiger partial charge is 0.274 e. The van der Waals surface area contributed by atoms with Gasteiger partial charge in [0.25, 0.3) is 23.6 Å². The van der Waals surface area contributed by atoms with Gasteiger partial charge in [0.1, 0.15) is 69.0 Å². The zero-order chi connectivity index (χ0) is 105. The topological polar surface area (TPSA) is 514 Å². The molecule has 4 aromatic carbocycles. The predicted octanol–water partition coefficient (Wildman–Crippen LogP) is 6.74. The van der Waals surface area contributed by atoms with Crippen LogP contribution in [0.15, 0.2) is 207 Å². The lowest BCUT2D eigenvalue weighted by atomic mass is 9.78. The second-order valence-corrected chi connectivity index (χ2v) is 46.2. The molecule has 18 rings (SSSR count). The van der Waals surface area contributed by atoms with Crippen LogP contribution in [0.3, 0.4) is 0 Å². The van der Waals surface area contributed by atoms with Gasteiger partial charge in [-0.2, -0.15) is 17.2 Å². The van der Waals surface area contributed by atoms with Crippen LogP contribution < -0.4 is 26.6 Å². The Kier molecular flexibility index (Phi) is 31.1. The van der Waals surface area contributed by atoms with Crippen molar-refractivity contribution in [1.29, 1.82) is 0 Å². The second-order valence-electron chi connectivity index (χ2n) is 38.6. The van der Waals surface area contributed by atoms with Crippen LogP contribution in [0.5, 0.6) is 0 Å². The number of piperidine rings is 3. The number of ether oxygens (including phenoxy) is 6. The Morgan fingerprint density at radius 1 is 0.386 bits per heavy atom. The maximum atomic E-state index is 14.2. The summed E-state index contributed by atoms with van der Waals surface area (Å²) in [6.45, 7) is 35.1. The lowest BCUT2D eigenvalue weighted by molar-refractivity contribution is -0.179. The quantitative estimate of drug-likeness (QED) is 0.0409. The van der Waals surface area contributed by atoms with Crippen molar-refractivity contribution in [1.82, 2.24) is 63.4 Å². The molecule has 0 aromatic heterocycles. The summed E-state index contributed by atoms with van der Waals surface area (Å²) >= 11 is 0. The number of hydrogen-bond acceptors (Lipinski definition) is 32. The molecule has 49 heteroatoms. The number of amides is 5. The molecule has 1 unspecified atom stereocenters. The Morgan fingerprint density at radius 2 is 0.662 bits per heavy atom. The molecule has 4 aromatic rings. The van der Waals surface area contributed by atoms with E-state index < -0.39 is 132 Å². The third-order valence-corrected chi connectivity index (χ3v) is 35.3. The van der Waals surface area contributed by atoms with Gasteiger partial charge in [0.05, 0.1) is 93.5 Å². The van der Waals surface area contributed by atoms with Crippen LogP contribution in [0.2, 0.25) is 0 Å². The van der Waals surface area contributed by atoms with Gasteiger partial charge in [0.2, 0.25) is 46.0 Å². The number of carbonyl (C=O) groups is 5. The molecule has 0 saturated carbocycles. The maximum Gasteiger partial charge on any atom is 0.274 e. The Bertz CT molecular complexity index is 6540. The molecular formula is C96H119F4N17O24S4. The van der Waals surface area contributed by atoms with Gasteiger partial charge < -0.3 is 100 Å². The highest BCUT2D eigenvalue weighted by molar-refractivity contribution is 7.90. The molecule has 0 aliphatic carbocycles. The third kappa shape index (κ3) is 22.0. The normalized spacial score (nSPS) is 22.7. The first-order valence-electron chi connectivity index (χ1n) is 47.3. The minimum absolute atomic E-state index is 0.0495. The number of carbonyl (C=O) groups excluding carboxylic acids is 5. The Morgan fingerprint density at radius 3 is 0.931 bits per heavy atom. The summed E-state index contributed by atoms with van der Waals surface area (Å²) in [6, 6.07) is 13.5. The first-order valence-corrected chi connectivity index (χ1v) is 53.0. The number of nitrogens with zero attached hydrogens (tertiary/aromatic N) is 12. The van der Waals surface area contributed by atoms with Gasteiger partial charge in [-0.15, -0.1) is 0 Å². The SMILES string of the molecule is C=C1C(O)=C(C(=O)NCc2ccc(F)cc2S(=O)(=O)N2CCC(O)C2)N=C2N1CCOC2(C)C.C=C1C(O)=C(C(=O)NCc2ccc(F)cc2S(=O)(=O)N2CCC3(CC2)OCCO3)N=C2N1CCOC2(C)C.C=C1C(O)=C(C(=O)NCc2ccc(F)cc2S(=O)(=O)N2CCC3(CCNC3=O)CC2)N=C2N1CCOC2(C)C.C=C1C(O)=C(C(=O)NCc2ccc(F)cc2S(=O)(=O)N2CCCCC2)N=C2N1CCOC2(C)C. The molecule has 14 heterocycles. The fourth-order valence-electron chi connectivity index (χ4n) is 19.2. The fourth-order valence-corrected chi connectivity index (χ4v) is 26.0. The Labute approximate surface area is 837 Å². The number of halogens is 4. The molecule has 1 atom stereocenters. The van der Waals surface area contributed by atoms with Crippen LogP contribution in [-0.2, 0) is 119 Å². The number of benzene rings is 4. The van der Waals surface area contributed by atoms with Crippen LogP contribution in [0, 0.1) is 28.7 Å². The lowest BCUT2D eigenvalue weighted by Crippen LogP contribution is -2.54. The summed E-state index contributed by atoms with van der Waals surface area (Å²) in [6.07, 6.45) is 4.10. The molecule has 10 N–H and O–H groups in total. The number of aliphatic hydroxyl groups excluding tert-OH is 5. The van der Waals surface area contributed by atoms with E-state index in [-0.39, 0.29) is 182 Å². The Balaban J connectivity index is 0.000000146. The van der Waals surface area contributed by atoms with Crippen LogP contribution in [-0.4, -0.2) is 308 Å². The predicted molar refractivity (Wildman–Crippen MR) is 518 cm³/mol. The van der Waals surface area contributed by atoms with E-state index in [2.05, 4.69) is 72.9 Å². The monoisotopic (exact) mass is 2100 g/mol. The summed E-state index contributed by atoms with van der Waals surface area (Å²) < 4.78 is 202. The first kappa shape index (κ1) is 108. The van der Waals surface area contributed by atoms with Crippen molar-refractivity contribution in [2.24, 2.45) is 25.4 Å². The number of rotatable bonds is 20. The molecule has 14 aliphatic rings. The molecule has 5 amide bonds. The van der Waals surface area contributed by atoms with E-state index in [0.717, 1.165) is 72.1 Å². The van der Waals surface area contributed by atoms with E-state index in [1.165, 1.54) is 37.2 Å². The molecule has 10 fully saturated rings. The lowest BCUT2D eigenvalue weighted by Gasteiger charge is -2.43. The summed E-state index contributed by atoms with van der Waals surface area (Å²) in [4.78, 5) is 87.6. The average molecular weight is 2100 g/mol. The van der Waals surface area contributed by atoms with E-state index >= 15 is 0 Å². The van der Waals surface area contributed by atoms with Gasteiger partial charge in [-0.3, -0.25) is 24.0 Å². The van der Waals surface area contributed by atoms with E-state index in [9.17, 15) is 101 Å². The van der Waals surface area contributed by atoms with Gasteiger partial charge in [-0.05, 0) is 165 Å². The summed E-state index contributed by atoms with van der Waals surface area (Å²) in [5, 5.41) is 65.4. The number of nitrogens with one attached hydrogen (secondary N) is 5. The third-order valence-electron chi connectivity index (χ3n) is 27.4. The molecular weight excluding hydrogens is 1980 g/mol. The number of β-amino-alcohol motifs (C(OH)–C–C–N with tert-alkyl or cyclic N) is 1. The van der Waals surface area contributed by atoms with Crippen molar-refractivity contribution >= 4 is 93.0 Å². The summed E-state index contributed by atoms with van der Waals surface area (Å²) in [5.74, 6) is -6.44. The van der Waals surface area contributed by atoms with E-state index in [0.29, 0.717) is 141 Å². The van der Waals surface area contributed by atoms with Crippen molar-refractivity contribution in [3.63, 3.8) is 0 Å². The minimum atomic E-state index is -4.12. The molecule has 0 bridgehead atoms. The Hall–Kier alpha value is -11.7. The van der Waals surface area contributed by atoms with Gasteiger partial charge in [0, 0.05) is 124 Å². The summed E-state index contributed by atoms with van der Waals surface area (Å²) in [5.41, 5.74) is -3.19.